The van der Waals surface area contributed by atoms with Gasteiger partial charge >= 0.3 is 0 Å². The van der Waals surface area contributed by atoms with Crippen molar-refractivity contribution in [3.05, 3.63) is 52.3 Å². The van der Waals surface area contributed by atoms with Gasteiger partial charge in [-0.25, -0.2) is 0 Å². The van der Waals surface area contributed by atoms with Gasteiger partial charge in [0.05, 0.1) is 5.69 Å². The summed E-state index contributed by atoms with van der Waals surface area (Å²) in [5.41, 5.74) is 9.51. The second-order valence-electron chi connectivity index (χ2n) is 5.35. The maximum atomic E-state index is 9.23. The Balaban J connectivity index is 2.37. The Labute approximate surface area is 124 Å². The van der Waals surface area contributed by atoms with Gasteiger partial charge in [0.1, 0.15) is 11.8 Å². The maximum Gasteiger partial charge on any atom is 0.122 e. The first kappa shape index (κ1) is 14.5. The van der Waals surface area contributed by atoms with E-state index in [1.807, 2.05) is 28.8 Å². The van der Waals surface area contributed by atoms with Gasteiger partial charge in [0, 0.05) is 23.7 Å². The largest absolute Gasteiger partial charge is 0.397 e. The van der Waals surface area contributed by atoms with Crippen molar-refractivity contribution in [1.82, 2.24) is 4.57 Å². The number of rotatable bonds is 4. The summed E-state index contributed by atoms with van der Waals surface area (Å²) in [4.78, 5) is 0. The third kappa shape index (κ3) is 3.15. The highest BCUT2D eigenvalue weighted by molar-refractivity contribution is 6.30. The highest BCUT2D eigenvalue weighted by atomic mass is 35.5. The van der Waals surface area contributed by atoms with E-state index in [0.29, 0.717) is 23.7 Å². The minimum atomic E-state index is 0.456. The van der Waals surface area contributed by atoms with E-state index in [0.717, 1.165) is 22.8 Å². The number of nitrogens with zero attached hydrogens (tertiary/aromatic N) is 2. The topological polar surface area (TPSA) is 54.7 Å². The van der Waals surface area contributed by atoms with Gasteiger partial charge in [0.25, 0.3) is 0 Å². The molecular formula is C16H18ClN3. The molecule has 2 aromatic rings. The van der Waals surface area contributed by atoms with E-state index in [1.165, 1.54) is 0 Å². The van der Waals surface area contributed by atoms with Gasteiger partial charge in [0.2, 0.25) is 0 Å². The third-order valence-corrected chi connectivity index (χ3v) is 3.44. The van der Waals surface area contributed by atoms with Crippen LogP contribution in [-0.2, 0) is 13.0 Å². The summed E-state index contributed by atoms with van der Waals surface area (Å²) in [5.74, 6) is 0.456. The highest BCUT2D eigenvalue weighted by Crippen LogP contribution is 2.23. The van der Waals surface area contributed by atoms with Crippen molar-refractivity contribution in [1.29, 1.82) is 5.26 Å². The van der Waals surface area contributed by atoms with E-state index in [9.17, 15) is 5.26 Å². The number of nitriles is 1. The predicted octanol–water partition coefficient (Wildman–Crippen LogP) is 3.84. The number of aromatic nitrogens is 1. The predicted molar refractivity (Wildman–Crippen MR) is 82.7 cm³/mol. The summed E-state index contributed by atoms with van der Waals surface area (Å²) in [6, 6.07) is 11.7. The van der Waals surface area contributed by atoms with E-state index in [-0.39, 0.29) is 0 Å². The molecule has 3 nitrogen and oxygen atoms in total. The van der Waals surface area contributed by atoms with Crippen LogP contribution in [-0.4, -0.2) is 4.57 Å². The smallest absolute Gasteiger partial charge is 0.122 e. The number of anilines is 1. The highest BCUT2D eigenvalue weighted by Gasteiger charge is 2.14. The molecular weight excluding hydrogens is 270 g/mol. The molecule has 104 valence electrons. The molecule has 1 aromatic heterocycles. The summed E-state index contributed by atoms with van der Waals surface area (Å²) in [7, 11) is 0. The lowest BCUT2D eigenvalue weighted by Gasteiger charge is -2.13. The monoisotopic (exact) mass is 287 g/mol. The number of benzene rings is 1. The molecule has 0 aliphatic rings. The van der Waals surface area contributed by atoms with Crippen LogP contribution in [0.4, 0.5) is 5.69 Å². The SMILES string of the molecule is CC(C)Cn1c(C#N)cc(N)c1Cc1ccc(Cl)cc1. The molecule has 0 radical (unpaired) electrons. The van der Waals surface area contributed by atoms with Crippen molar-refractivity contribution in [2.24, 2.45) is 5.92 Å². The van der Waals surface area contributed by atoms with Gasteiger partial charge in [-0.15, -0.1) is 0 Å². The second-order valence-corrected chi connectivity index (χ2v) is 5.79. The molecule has 0 spiro atoms. The van der Waals surface area contributed by atoms with Gasteiger partial charge in [-0.2, -0.15) is 5.26 Å². The Morgan fingerprint density at radius 2 is 1.95 bits per heavy atom. The molecule has 2 N–H and O–H groups in total. The molecule has 0 aliphatic carbocycles. The Morgan fingerprint density at radius 3 is 2.50 bits per heavy atom. The molecule has 0 aliphatic heterocycles. The summed E-state index contributed by atoms with van der Waals surface area (Å²) in [6.45, 7) is 5.05. The van der Waals surface area contributed by atoms with E-state index in [4.69, 9.17) is 17.3 Å². The Kier molecular flexibility index (Phi) is 4.36. The van der Waals surface area contributed by atoms with Crippen LogP contribution in [0.25, 0.3) is 0 Å². The lowest BCUT2D eigenvalue weighted by atomic mass is 10.1. The van der Waals surface area contributed by atoms with Crippen molar-refractivity contribution in [2.45, 2.75) is 26.8 Å². The van der Waals surface area contributed by atoms with Gasteiger partial charge in [-0.1, -0.05) is 37.6 Å². The minimum Gasteiger partial charge on any atom is -0.397 e. The number of nitrogens with two attached hydrogens (primary N) is 1. The second kappa shape index (κ2) is 6.02. The zero-order valence-electron chi connectivity index (χ0n) is 11.7. The van der Waals surface area contributed by atoms with Crippen LogP contribution in [0.15, 0.2) is 30.3 Å². The van der Waals surface area contributed by atoms with Crippen molar-refractivity contribution < 1.29 is 0 Å². The number of hydrogen-bond acceptors (Lipinski definition) is 2. The fourth-order valence-corrected chi connectivity index (χ4v) is 2.40. The fourth-order valence-electron chi connectivity index (χ4n) is 2.27. The van der Waals surface area contributed by atoms with E-state index < -0.39 is 0 Å². The molecule has 0 fully saturated rings. The van der Waals surface area contributed by atoms with Crippen LogP contribution >= 0.6 is 11.6 Å². The van der Waals surface area contributed by atoms with Crippen molar-refractivity contribution in [3.63, 3.8) is 0 Å². The van der Waals surface area contributed by atoms with E-state index in [2.05, 4.69) is 19.9 Å². The summed E-state index contributed by atoms with van der Waals surface area (Å²) in [6.07, 6.45) is 0.706. The summed E-state index contributed by atoms with van der Waals surface area (Å²) in [5, 5.41) is 9.95. The minimum absolute atomic E-state index is 0.456. The zero-order chi connectivity index (χ0) is 14.7. The van der Waals surface area contributed by atoms with Gasteiger partial charge in [0.15, 0.2) is 0 Å². The van der Waals surface area contributed by atoms with Crippen LogP contribution < -0.4 is 5.73 Å². The molecule has 20 heavy (non-hydrogen) atoms. The van der Waals surface area contributed by atoms with Crippen molar-refractivity contribution in [2.75, 3.05) is 5.73 Å². The Bertz CT molecular complexity index is 633. The molecule has 0 bridgehead atoms. The molecule has 0 unspecified atom stereocenters. The first-order chi connectivity index (χ1) is 9.51. The van der Waals surface area contributed by atoms with Crippen LogP contribution in [0.5, 0.6) is 0 Å². The van der Waals surface area contributed by atoms with Crippen molar-refractivity contribution in [3.8, 4) is 6.07 Å². The van der Waals surface area contributed by atoms with E-state index >= 15 is 0 Å². The van der Waals surface area contributed by atoms with Gasteiger partial charge in [-0.3, -0.25) is 0 Å². The van der Waals surface area contributed by atoms with Crippen LogP contribution in [0, 0.1) is 17.2 Å². The molecule has 1 heterocycles. The zero-order valence-corrected chi connectivity index (χ0v) is 12.5. The molecule has 0 atom stereocenters. The number of hydrogen-bond donors (Lipinski definition) is 1. The van der Waals surface area contributed by atoms with Crippen molar-refractivity contribution >= 4 is 17.3 Å². The first-order valence-electron chi connectivity index (χ1n) is 6.63. The van der Waals surface area contributed by atoms with Gasteiger partial charge < -0.3 is 10.3 Å². The Hall–Kier alpha value is -1.92. The van der Waals surface area contributed by atoms with Crippen LogP contribution in [0.3, 0.4) is 0 Å². The quantitative estimate of drug-likeness (QED) is 0.929. The third-order valence-electron chi connectivity index (χ3n) is 3.19. The standard InChI is InChI=1S/C16H18ClN3/c1-11(2)10-20-14(9-18)8-15(19)16(20)7-12-3-5-13(17)6-4-12/h3-6,8,11H,7,10,19H2,1-2H3. The molecule has 1 aromatic carbocycles. The average molecular weight is 288 g/mol. The summed E-state index contributed by atoms with van der Waals surface area (Å²) < 4.78 is 2.02. The Morgan fingerprint density at radius 1 is 1.30 bits per heavy atom. The molecule has 0 saturated carbocycles. The normalized spacial score (nSPS) is 10.8. The average Bonchev–Trinajstić information content (AvgIpc) is 2.69. The lowest BCUT2D eigenvalue weighted by Crippen LogP contribution is -2.11. The first-order valence-corrected chi connectivity index (χ1v) is 7.01. The van der Waals surface area contributed by atoms with Crippen LogP contribution in [0.2, 0.25) is 5.02 Å². The molecule has 4 heteroatoms. The number of nitrogen functional groups attached to an aromatic ring is 1. The van der Waals surface area contributed by atoms with Crippen LogP contribution in [0.1, 0.15) is 30.8 Å². The van der Waals surface area contributed by atoms with Gasteiger partial charge in [-0.05, 0) is 29.7 Å². The summed E-state index contributed by atoms with van der Waals surface area (Å²) >= 11 is 5.90. The molecule has 2 rings (SSSR count). The molecule has 0 saturated heterocycles. The maximum absolute atomic E-state index is 9.23. The fraction of sp³-hybridized carbons (Fsp3) is 0.312. The molecule has 0 amide bonds. The van der Waals surface area contributed by atoms with E-state index in [1.54, 1.807) is 6.07 Å². The lowest BCUT2D eigenvalue weighted by molar-refractivity contribution is 0.511. The number of halogens is 1.